The topological polar surface area (TPSA) is 78.9 Å². The van der Waals surface area contributed by atoms with E-state index in [1.807, 2.05) is 30.3 Å². The second-order valence-electron chi connectivity index (χ2n) is 3.85. The van der Waals surface area contributed by atoms with E-state index in [1.165, 1.54) is 11.8 Å². The van der Waals surface area contributed by atoms with E-state index < -0.39 is 0 Å². The SMILES string of the molecule is COc1ccc(-n2nnnc2SCc2ccon2)cc1. The van der Waals surface area contributed by atoms with E-state index in [2.05, 4.69) is 20.7 Å². The van der Waals surface area contributed by atoms with Gasteiger partial charge in [0.05, 0.1) is 18.5 Å². The first-order valence-electron chi connectivity index (χ1n) is 5.81. The third-order valence-corrected chi connectivity index (χ3v) is 3.55. The summed E-state index contributed by atoms with van der Waals surface area (Å²) in [6.07, 6.45) is 1.54. The molecule has 3 rings (SSSR count). The van der Waals surface area contributed by atoms with Crippen LogP contribution in [0.5, 0.6) is 5.75 Å². The Morgan fingerprint density at radius 2 is 2.10 bits per heavy atom. The lowest BCUT2D eigenvalue weighted by molar-refractivity contribution is 0.414. The van der Waals surface area contributed by atoms with Gasteiger partial charge in [0.25, 0.3) is 0 Å². The Morgan fingerprint density at radius 1 is 1.25 bits per heavy atom. The second kappa shape index (κ2) is 5.74. The smallest absolute Gasteiger partial charge is 0.214 e. The fraction of sp³-hybridized carbons (Fsp3) is 0.167. The van der Waals surface area contributed by atoms with Crippen LogP contribution in [0.3, 0.4) is 0 Å². The van der Waals surface area contributed by atoms with Gasteiger partial charge in [-0.25, -0.2) is 0 Å². The van der Waals surface area contributed by atoms with Gasteiger partial charge in [-0.1, -0.05) is 16.9 Å². The minimum Gasteiger partial charge on any atom is -0.497 e. The van der Waals surface area contributed by atoms with Crippen molar-refractivity contribution in [1.82, 2.24) is 25.4 Å². The maximum Gasteiger partial charge on any atom is 0.214 e. The molecule has 0 unspecified atom stereocenters. The minimum absolute atomic E-state index is 0.646. The monoisotopic (exact) mass is 289 g/mol. The van der Waals surface area contributed by atoms with Crippen molar-refractivity contribution in [3.63, 3.8) is 0 Å². The molecule has 0 aliphatic rings. The van der Waals surface area contributed by atoms with Gasteiger partial charge in [0, 0.05) is 11.8 Å². The highest BCUT2D eigenvalue weighted by molar-refractivity contribution is 7.98. The molecule has 2 heterocycles. The first kappa shape index (κ1) is 12.7. The Morgan fingerprint density at radius 3 is 2.80 bits per heavy atom. The first-order chi connectivity index (χ1) is 9.86. The van der Waals surface area contributed by atoms with Crippen molar-refractivity contribution in [3.05, 3.63) is 42.3 Å². The summed E-state index contributed by atoms with van der Waals surface area (Å²) in [5, 5.41) is 16.3. The van der Waals surface area contributed by atoms with E-state index in [0.717, 1.165) is 17.1 Å². The summed E-state index contributed by atoms with van der Waals surface area (Å²) in [4.78, 5) is 0. The molecule has 2 aromatic heterocycles. The number of aromatic nitrogens is 5. The van der Waals surface area contributed by atoms with Gasteiger partial charge >= 0.3 is 0 Å². The van der Waals surface area contributed by atoms with Gasteiger partial charge in [0.2, 0.25) is 5.16 Å². The molecule has 0 atom stereocenters. The lowest BCUT2D eigenvalue weighted by Crippen LogP contribution is -1.99. The van der Waals surface area contributed by atoms with Crippen LogP contribution in [-0.4, -0.2) is 32.5 Å². The van der Waals surface area contributed by atoms with Crippen molar-refractivity contribution in [1.29, 1.82) is 0 Å². The average Bonchev–Trinajstić information content (AvgIpc) is 3.16. The summed E-state index contributed by atoms with van der Waals surface area (Å²) in [6, 6.07) is 9.34. The highest BCUT2D eigenvalue weighted by Crippen LogP contribution is 2.22. The van der Waals surface area contributed by atoms with Gasteiger partial charge in [-0.05, 0) is 34.7 Å². The first-order valence-corrected chi connectivity index (χ1v) is 6.80. The molecule has 8 heteroatoms. The number of methoxy groups -OCH3 is 1. The largest absolute Gasteiger partial charge is 0.497 e. The van der Waals surface area contributed by atoms with Crippen LogP contribution in [0.2, 0.25) is 0 Å². The molecule has 0 saturated heterocycles. The molecule has 20 heavy (non-hydrogen) atoms. The fourth-order valence-corrected chi connectivity index (χ4v) is 2.39. The van der Waals surface area contributed by atoms with Gasteiger partial charge in [-0.3, -0.25) is 0 Å². The fourth-order valence-electron chi connectivity index (χ4n) is 1.60. The number of nitrogens with zero attached hydrogens (tertiary/aromatic N) is 5. The van der Waals surface area contributed by atoms with Crippen molar-refractivity contribution in [2.45, 2.75) is 10.9 Å². The predicted molar refractivity (Wildman–Crippen MR) is 71.8 cm³/mol. The van der Waals surface area contributed by atoms with Crippen LogP contribution in [-0.2, 0) is 5.75 Å². The molecule has 102 valence electrons. The van der Waals surface area contributed by atoms with Crippen LogP contribution in [0.1, 0.15) is 5.69 Å². The third-order valence-electron chi connectivity index (χ3n) is 2.60. The van der Waals surface area contributed by atoms with E-state index in [9.17, 15) is 0 Å². The number of rotatable bonds is 5. The van der Waals surface area contributed by atoms with Gasteiger partial charge in [-0.15, -0.1) is 5.10 Å². The van der Waals surface area contributed by atoms with Crippen LogP contribution in [0.15, 0.2) is 46.3 Å². The molecular weight excluding hydrogens is 278 g/mol. The minimum atomic E-state index is 0.646. The summed E-state index contributed by atoms with van der Waals surface area (Å²) < 4.78 is 11.6. The molecule has 0 amide bonds. The van der Waals surface area contributed by atoms with Crippen LogP contribution < -0.4 is 4.74 Å². The van der Waals surface area contributed by atoms with E-state index in [1.54, 1.807) is 18.1 Å². The van der Waals surface area contributed by atoms with Crippen molar-refractivity contribution in [2.24, 2.45) is 0 Å². The Balaban J connectivity index is 1.78. The molecule has 0 spiro atoms. The molecule has 0 fully saturated rings. The molecular formula is C12H11N5O2S. The number of hydrogen-bond donors (Lipinski definition) is 0. The Kier molecular flexibility index (Phi) is 3.64. The van der Waals surface area contributed by atoms with Gasteiger partial charge in [0.1, 0.15) is 12.0 Å². The highest BCUT2D eigenvalue weighted by atomic mass is 32.2. The molecule has 0 radical (unpaired) electrons. The van der Waals surface area contributed by atoms with Gasteiger partial charge < -0.3 is 9.26 Å². The lowest BCUT2D eigenvalue weighted by Gasteiger charge is -2.04. The molecule has 0 aliphatic carbocycles. The molecule has 0 N–H and O–H groups in total. The normalized spacial score (nSPS) is 10.7. The predicted octanol–water partition coefficient (Wildman–Crippen LogP) is 1.95. The lowest BCUT2D eigenvalue weighted by atomic mass is 10.3. The van der Waals surface area contributed by atoms with E-state index in [0.29, 0.717) is 10.9 Å². The van der Waals surface area contributed by atoms with Crippen molar-refractivity contribution < 1.29 is 9.26 Å². The number of tetrazole rings is 1. The molecule has 3 aromatic rings. The summed E-state index contributed by atoms with van der Waals surface area (Å²) >= 11 is 1.49. The zero-order valence-corrected chi connectivity index (χ0v) is 11.4. The zero-order valence-electron chi connectivity index (χ0n) is 10.6. The summed E-state index contributed by atoms with van der Waals surface area (Å²) in [5.41, 5.74) is 1.72. The van der Waals surface area contributed by atoms with Crippen LogP contribution in [0.25, 0.3) is 5.69 Å². The average molecular weight is 289 g/mol. The molecule has 0 aliphatic heterocycles. The molecule has 0 bridgehead atoms. The van der Waals surface area contributed by atoms with Gasteiger partial charge in [0.15, 0.2) is 0 Å². The quantitative estimate of drug-likeness (QED) is 0.664. The summed E-state index contributed by atoms with van der Waals surface area (Å²) in [7, 11) is 1.63. The van der Waals surface area contributed by atoms with Crippen LogP contribution >= 0.6 is 11.8 Å². The summed E-state index contributed by atoms with van der Waals surface area (Å²) in [5.74, 6) is 1.44. The maximum atomic E-state index is 5.13. The van der Waals surface area contributed by atoms with E-state index in [-0.39, 0.29) is 0 Å². The van der Waals surface area contributed by atoms with Crippen molar-refractivity contribution in [3.8, 4) is 11.4 Å². The standard InChI is InChI=1S/C12H11N5O2S/c1-18-11-4-2-10(3-5-11)17-12(13-15-16-17)20-8-9-6-7-19-14-9/h2-7H,8H2,1H3. The molecule has 0 saturated carbocycles. The van der Waals surface area contributed by atoms with Crippen molar-refractivity contribution >= 4 is 11.8 Å². The van der Waals surface area contributed by atoms with E-state index >= 15 is 0 Å². The Hall–Kier alpha value is -2.35. The third kappa shape index (κ3) is 2.64. The Bertz CT molecular complexity index is 665. The summed E-state index contributed by atoms with van der Waals surface area (Å²) in [6.45, 7) is 0. The number of benzene rings is 1. The van der Waals surface area contributed by atoms with Crippen molar-refractivity contribution in [2.75, 3.05) is 7.11 Å². The highest BCUT2D eigenvalue weighted by Gasteiger charge is 2.10. The van der Waals surface area contributed by atoms with Crippen LogP contribution in [0, 0.1) is 0 Å². The number of ether oxygens (including phenoxy) is 1. The molecule has 7 nitrogen and oxygen atoms in total. The number of thioether (sulfide) groups is 1. The zero-order chi connectivity index (χ0) is 13.8. The second-order valence-corrected chi connectivity index (χ2v) is 4.79. The Labute approximate surface area is 118 Å². The number of hydrogen-bond acceptors (Lipinski definition) is 7. The van der Waals surface area contributed by atoms with Crippen LogP contribution in [0.4, 0.5) is 0 Å². The van der Waals surface area contributed by atoms with Gasteiger partial charge in [-0.2, -0.15) is 4.68 Å². The maximum absolute atomic E-state index is 5.13. The molecule has 1 aromatic carbocycles. The van der Waals surface area contributed by atoms with E-state index in [4.69, 9.17) is 9.26 Å².